The Hall–Kier alpha value is -1.36. The molecule has 1 saturated heterocycles. The summed E-state index contributed by atoms with van der Waals surface area (Å²) >= 11 is 1.84. The number of aryl methyl sites for hydroxylation is 1. The molecular formula is C20H27N3S. The number of hydrogen-bond acceptors (Lipinski definition) is 4. The fourth-order valence-corrected chi connectivity index (χ4v) is 4.00. The molecule has 1 aliphatic rings. The molecule has 0 radical (unpaired) electrons. The fourth-order valence-electron chi connectivity index (χ4n) is 3.30. The second kappa shape index (κ2) is 8.65. The number of nitrogens with one attached hydrogen (secondary N) is 1. The van der Waals surface area contributed by atoms with E-state index < -0.39 is 0 Å². The van der Waals surface area contributed by atoms with E-state index in [-0.39, 0.29) is 0 Å². The Morgan fingerprint density at radius 1 is 1.25 bits per heavy atom. The number of aromatic nitrogens is 1. The Balaban J connectivity index is 1.46. The van der Waals surface area contributed by atoms with Crippen LogP contribution in [0.1, 0.15) is 29.5 Å². The van der Waals surface area contributed by atoms with Crippen LogP contribution in [0.5, 0.6) is 0 Å². The average molecular weight is 342 g/mol. The van der Waals surface area contributed by atoms with Crippen molar-refractivity contribution in [3.8, 4) is 0 Å². The summed E-state index contributed by atoms with van der Waals surface area (Å²) in [5, 5.41) is 3.76. The van der Waals surface area contributed by atoms with Gasteiger partial charge in [-0.1, -0.05) is 18.2 Å². The second-order valence-electron chi connectivity index (χ2n) is 6.61. The minimum Gasteiger partial charge on any atom is -0.310 e. The lowest BCUT2D eigenvalue weighted by Crippen LogP contribution is -2.41. The van der Waals surface area contributed by atoms with Crippen molar-refractivity contribution in [2.24, 2.45) is 0 Å². The monoisotopic (exact) mass is 341 g/mol. The molecule has 0 saturated carbocycles. The van der Waals surface area contributed by atoms with Crippen molar-refractivity contribution in [1.29, 1.82) is 0 Å². The number of pyridine rings is 1. The summed E-state index contributed by atoms with van der Waals surface area (Å²) in [5.41, 5.74) is 4.07. The van der Waals surface area contributed by atoms with Crippen LogP contribution >= 0.6 is 11.8 Å². The zero-order valence-electron chi connectivity index (χ0n) is 14.7. The van der Waals surface area contributed by atoms with E-state index in [1.165, 1.54) is 34.4 Å². The van der Waals surface area contributed by atoms with Gasteiger partial charge >= 0.3 is 0 Å². The van der Waals surface area contributed by atoms with Crippen molar-refractivity contribution < 1.29 is 0 Å². The Morgan fingerprint density at radius 3 is 2.79 bits per heavy atom. The SMILES string of the molecule is CSc1cc(C)ccc1CNC1CCN(Cc2cccnc2)CC1. The third kappa shape index (κ3) is 4.82. The highest BCUT2D eigenvalue weighted by Crippen LogP contribution is 2.22. The van der Waals surface area contributed by atoms with Crippen molar-refractivity contribution in [1.82, 2.24) is 15.2 Å². The summed E-state index contributed by atoms with van der Waals surface area (Å²) < 4.78 is 0. The molecule has 24 heavy (non-hydrogen) atoms. The zero-order chi connectivity index (χ0) is 16.8. The minimum absolute atomic E-state index is 0.631. The van der Waals surface area contributed by atoms with Gasteiger partial charge < -0.3 is 5.32 Å². The highest BCUT2D eigenvalue weighted by molar-refractivity contribution is 7.98. The normalized spacial score (nSPS) is 16.4. The molecule has 0 unspecified atom stereocenters. The van der Waals surface area contributed by atoms with Crippen LogP contribution in [0.2, 0.25) is 0 Å². The number of hydrogen-bond donors (Lipinski definition) is 1. The molecule has 1 fully saturated rings. The molecule has 0 aliphatic carbocycles. The molecule has 0 spiro atoms. The topological polar surface area (TPSA) is 28.2 Å². The van der Waals surface area contributed by atoms with Gasteiger partial charge in [-0.15, -0.1) is 11.8 Å². The van der Waals surface area contributed by atoms with Gasteiger partial charge in [0, 0.05) is 36.4 Å². The molecule has 0 amide bonds. The molecule has 3 nitrogen and oxygen atoms in total. The number of piperidine rings is 1. The molecule has 1 aromatic carbocycles. The van der Waals surface area contributed by atoms with Gasteiger partial charge in [0.15, 0.2) is 0 Å². The lowest BCUT2D eigenvalue weighted by Gasteiger charge is -2.32. The predicted molar refractivity (Wildman–Crippen MR) is 102 cm³/mol. The van der Waals surface area contributed by atoms with E-state index >= 15 is 0 Å². The van der Waals surface area contributed by atoms with Crippen molar-refractivity contribution in [3.63, 3.8) is 0 Å². The van der Waals surface area contributed by atoms with Crippen LogP contribution in [0.15, 0.2) is 47.6 Å². The second-order valence-corrected chi connectivity index (χ2v) is 7.46. The quantitative estimate of drug-likeness (QED) is 0.808. The van der Waals surface area contributed by atoms with Gasteiger partial charge in [0.25, 0.3) is 0 Å². The van der Waals surface area contributed by atoms with E-state index in [2.05, 4.69) is 52.6 Å². The van der Waals surface area contributed by atoms with Gasteiger partial charge in [-0.2, -0.15) is 0 Å². The average Bonchev–Trinajstić information content (AvgIpc) is 2.62. The molecule has 1 N–H and O–H groups in total. The molecule has 4 heteroatoms. The molecule has 1 aromatic heterocycles. The molecule has 3 rings (SSSR count). The number of nitrogens with zero attached hydrogens (tertiary/aromatic N) is 2. The molecule has 1 aliphatic heterocycles. The maximum absolute atomic E-state index is 4.21. The van der Waals surface area contributed by atoms with Crippen molar-refractivity contribution in [3.05, 3.63) is 59.4 Å². The van der Waals surface area contributed by atoms with Crippen LogP contribution in [-0.2, 0) is 13.1 Å². The van der Waals surface area contributed by atoms with E-state index in [9.17, 15) is 0 Å². The predicted octanol–water partition coefficient (Wildman–Crippen LogP) is 3.87. The van der Waals surface area contributed by atoms with E-state index in [1.807, 2.05) is 30.2 Å². The summed E-state index contributed by atoms with van der Waals surface area (Å²) in [7, 11) is 0. The Bertz CT molecular complexity index is 637. The molecule has 128 valence electrons. The Kier molecular flexibility index (Phi) is 6.30. The Morgan fingerprint density at radius 2 is 2.08 bits per heavy atom. The van der Waals surface area contributed by atoms with Gasteiger partial charge in [-0.3, -0.25) is 9.88 Å². The summed E-state index contributed by atoms with van der Waals surface area (Å²) in [4.78, 5) is 8.15. The van der Waals surface area contributed by atoms with E-state index in [0.717, 1.165) is 26.2 Å². The van der Waals surface area contributed by atoms with Crippen LogP contribution in [0, 0.1) is 6.92 Å². The van der Waals surface area contributed by atoms with Gasteiger partial charge in [0.05, 0.1) is 0 Å². The van der Waals surface area contributed by atoms with Gasteiger partial charge in [-0.25, -0.2) is 0 Å². The standard InChI is InChI=1S/C20H27N3S/c1-16-5-6-18(20(12-16)24-2)14-22-19-7-10-23(11-8-19)15-17-4-3-9-21-13-17/h3-6,9,12-13,19,22H,7-8,10-11,14-15H2,1-2H3. The van der Waals surface area contributed by atoms with Crippen LogP contribution < -0.4 is 5.32 Å². The summed E-state index contributed by atoms with van der Waals surface area (Å²) in [6.07, 6.45) is 8.43. The lowest BCUT2D eigenvalue weighted by molar-refractivity contribution is 0.190. The fraction of sp³-hybridized carbons (Fsp3) is 0.450. The van der Waals surface area contributed by atoms with E-state index in [4.69, 9.17) is 0 Å². The van der Waals surface area contributed by atoms with Gasteiger partial charge in [0.2, 0.25) is 0 Å². The van der Waals surface area contributed by atoms with E-state index in [0.29, 0.717) is 6.04 Å². The highest BCUT2D eigenvalue weighted by Gasteiger charge is 2.19. The molecular weight excluding hydrogens is 314 g/mol. The smallest absolute Gasteiger partial charge is 0.0312 e. The van der Waals surface area contributed by atoms with Gasteiger partial charge in [0.1, 0.15) is 0 Å². The first-order valence-electron chi connectivity index (χ1n) is 8.73. The van der Waals surface area contributed by atoms with Crippen molar-refractivity contribution in [2.75, 3.05) is 19.3 Å². The Labute approximate surface area is 149 Å². The molecule has 0 bridgehead atoms. The number of benzene rings is 1. The third-order valence-electron chi connectivity index (χ3n) is 4.74. The third-order valence-corrected chi connectivity index (χ3v) is 5.56. The molecule has 0 atom stereocenters. The van der Waals surface area contributed by atoms with E-state index in [1.54, 1.807) is 0 Å². The van der Waals surface area contributed by atoms with Crippen molar-refractivity contribution in [2.45, 2.75) is 43.8 Å². The van der Waals surface area contributed by atoms with Crippen LogP contribution in [-0.4, -0.2) is 35.3 Å². The van der Waals surface area contributed by atoms with Gasteiger partial charge in [-0.05, 0) is 67.9 Å². The van der Waals surface area contributed by atoms with Crippen LogP contribution in [0.4, 0.5) is 0 Å². The zero-order valence-corrected chi connectivity index (χ0v) is 15.5. The number of thioether (sulfide) groups is 1. The summed E-state index contributed by atoms with van der Waals surface area (Å²) in [5.74, 6) is 0. The lowest BCUT2D eigenvalue weighted by atomic mass is 10.0. The van der Waals surface area contributed by atoms with Crippen molar-refractivity contribution >= 4 is 11.8 Å². The van der Waals surface area contributed by atoms with Crippen LogP contribution in [0.3, 0.4) is 0 Å². The first kappa shape index (κ1) is 17.5. The van der Waals surface area contributed by atoms with Crippen LogP contribution in [0.25, 0.3) is 0 Å². The number of rotatable bonds is 6. The largest absolute Gasteiger partial charge is 0.310 e. The highest BCUT2D eigenvalue weighted by atomic mass is 32.2. The summed E-state index contributed by atoms with van der Waals surface area (Å²) in [6, 6.07) is 11.6. The number of likely N-dealkylation sites (tertiary alicyclic amines) is 1. The molecule has 2 aromatic rings. The summed E-state index contributed by atoms with van der Waals surface area (Å²) in [6.45, 7) is 6.49. The minimum atomic E-state index is 0.631. The maximum Gasteiger partial charge on any atom is 0.0312 e. The maximum atomic E-state index is 4.21. The first-order valence-corrected chi connectivity index (χ1v) is 9.95. The molecule has 2 heterocycles. The first-order chi connectivity index (χ1) is 11.7.